The van der Waals surface area contributed by atoms with E-state index in [4.69, 9.17) is 0 Å². The second-order valence-electron chi connectivity index (χ2n) is 4.40. The molecule has 0 aliphatic carbocycles. The fraction of sp³-hybridized carbons (Fsp3) is 1.00. The third kappa shape index (κ3) is 4.10. The largest absolute Gasteiger partial charge is 0.392 e. The average Bonchev–Trinajstić information content (AvgIpc) is 2.31. The van der Waals surface area contributed by atoms with Crippen LogP contribution in [-0.4, -0.2) is 35.7 Å². The van der Waals surface area contributed by atoms with Crippen LogP contribution >= 0.6 is 0 Å². The first-order valence-electron chi connectivity index (χ1n) is 5.62. The Morgan fingerprint density at radius 2 is 2.15 bits per heavy atom. The van der Waals surface area contributed by atoms with E-state index in [1.807, 2.05) is 6.92 Å². The molecule has 0 aromatic heterocycles. The summed E-state index contributed by atoms with van der Waals surface area (Å²) in [6, 6.07) is 0. The zero-order chi connectivity index (χ0) is 9.68. The minimum absolute atomic E-state index is 0.117. The van der Waals surface area contributed by atoms with Gasteiger partial charge in [-0.3, -0.25) is 0 Å². The van der Waals surface area contributed by atoms with Gasteiger partial charge in [0.15, 0.2) is 0 Å². The predicted octanol–water partition coefficient (Wildman–Crippen LogP) is 1.88. The molecule has 1 N–H and O–H groups in total. The van der Waals surface area contributed by atoms with Gasteiger partial charge in [0, 0.05) is 6.54 Å². The van der Waals surface area contributed by atoms with Crippen molar-refractivity contribution in [3.05, 3.63) is 0 Å². The normalized spacial score (nSPS) is 28.4. The van der Waals surface area contributed by atoms with Gasteiger partial charge in [0.05, 0.1) is 6.10 Å². The van der Waals surface area contributed by atoms with Crippen LogP contribution in [0.1, 0.15) is 39.5 Å². The molecule has 1 fully saturated rings. The molecule has 0 bridgehead atoms. The molecule has 0 spiro atoms. The van der Waals surface area contributed by atoms with Crippen molar-refractivity contribution in [1.82, 2.24) is 4.90 Å². The Hall–Kier alpha value is -0.0800. The lowest BCUT2D eigenvalue weighted by atomic mass is 10.0. The number of rotatable bonds is 3. The van der Waals surface area contributed by atoms with Crippen molar-refractivity contribution < 1.29 is 5.11 Å². The highest BCUT2D eigenvalue weighted by molar-refractivity contribution is 4.69. The van der Waals surface area contributed by atoms with Crippen molar-refractivity contribution in [3.8, 4) is 0 Å². The van der Waals surface area contributed by atoms with Crippen LogP contribution in [0.4, 0.5) is 0 Å². The van der Waals surface area contributed by atoms with Gasteiger partial charge < -0.3 is 10.0 Å². The monoisotopic (exact) mass is 185 g/mol. The molecule has 0 saturated carbocycles. The lowest BCUT2D eigenvalue weighted by Gasteiger charge is -2.22. The Morgan fingerprint density at radius 3 is 2.85 bits per heavy atom. The zero-order valence-electron chi connectivity index (χ0n) is 9.00. The Balaban J connectivity index is 2.25. The number of nitrogens with zero attached hydrogens (tertiary/aromatic N) is 1. The van der Waals surface area contributed by atoms with Gasteiger partial charge in [-0.05, 0) is 44.7 Å². The molecule has 2 nitrogen and oxygen atoms in total. The number of likely N-dealkylation sites (tertiary alicyclic amines) is 1. The predicted molar refractivity (Wildman–Crippen MR) is 55.8 cm³/mol. The third-order valence-electron chi connectivity index (χ3n) is 3.05. The summed E-state index contributed by atoms with van der Waals surface area (Å²) >= 11 is 0. The lowest BCUT2D eigenvalue weighted by Crippen LogP contribution is -2.32. The summed E-state index contributed by atoms with van der Waals surface area (Å²) in [7, 11) is 0. The van der Waals surface area contributed by atoms with E-state index in [0.29, 0.717) is 0 Å². The molecule has 1 heterocycles. The van der Waals surface area contributed by atoms with Gasteiger partial charge in [0.1, 0.15) is 0 Å². The van der Waals surface area contributed by atoms with Crippen LogP contribution in [0.5, 0.6) is 0 Å². The molecular formula is C11H23NO. The molecule has 2 atom stereocenters. The number of aliphatic hydroxyl groups is 1. The Morgan fingerprint density at radius 1 is 1.38 bits per heavy atom. The van der Waals surface area contributed by atoms with Gasteiger partial charge in [-0.25, -0.2) is 0 Å². The Bertz CT molecular complexity index is 138. The second-order valence-corrected chi connectivity index (χ2v) is 4.40. The van der Waals surface area contributed by atoms with Gasteiger partial charge in [0.2, 0.25) is 0 Å². The second kappa shape index (κ2) is 5.61. The van der Waals surface area contributed by atoms with Crippen LogP contribution in [0.2, 0.25) is 0 Å². The fourth-order valence-electron chi connectivity index (χ4n) is 1.93. The average molecular weight is 185 g/mol. The van der Waals surface area contributed by atoms with Gasteiger partial charge in [-0.15, -0.1) is 0 Å². The summed E-state index contributed by atoms with van der Waals surface area (Å²) in [5.41, 5.74) is 0. The summed E-state index contributed by atoms with van der Waals surface area (Å²) in [5, 5.41) is 9.53. The number of aliphatic hydroxyl groups excluding tert-OH is 1. The maximum absolute atomic E-state index is 9.53. The third-order valence-corrected chi connectivity index (χ3v) is 3.05. The summed E-state index contributed by atoms with van der Waals surface area (Å²) in [6.45, 7) is 7.62. The lowest BCUT2D eigenvalue weighted by molar-refractivity contribution is 0.111. The molecular weight excluding hydrogens is 162 g/mol. The standard InChI is InChI=1S/C11H23NO/c1-3-11(13)9-12-7-4-5-10(2)6-8-12/h10-11,13H,3-9H2,1-2H3. The van der Waals surface area contributed by atoms with Gasteiger partial charge in [-0.1, -0.05) is 13.8 Å². The van der Waals surface area contributed by atoms with E-state index in [0.717, 1.165) is 18.9 Å². The molecule has 2 heteroatoms. The summed E-state index contributed by atoms with van der Waals surface area (Å²) < 4.78 is 0. The van der Waals surface area contributed by atoms with Crippen LogP contribution in [0.25, 0.3) is 0 Å². The Kier molecular flexibility index (Phi) is 4.74. The molecule has 1 aliphatic heterocycles. The molecule has 0 radical (unpaired) electrons. The topological polar surface area (TPSA) is 23.5 Å². The molecule has 0 aromatic carbocycles. The highest BCUT2D eigenvalue weighted by atomic mass is 16.3. The van der Waals surface area contributed by atoms with Crippen molar-refractivity contribution >= 4 is 0 Å². The first-order chi connectivity index (χ1) is 6.22. The van der Waals surface area contributed by atoms with Crippen molar-refractivity contribution in [2.24, 2.45) is 5.92 Å². The van der Waals surface area contributed by atoms with Gasteiger partial charge in [0.25, 0.3) is 0 Å². The van der Waals surface area contributed by atoms with Crippen LogP contribution in [-0.2, 0) is 0 Å². The van der Waals surface area contributed by atoms with Crippen LogP contribution in [0.3, 0.4) is 0 Å². The van der Waals surface area contributed by atoms with Gasteiger partial charge >= 0.3 is 0 Å². The van der Waals surface area contributed by atoms with Crippen molar-refractivity contribution in [3.63, 3.8) is 0 Å². The highest BCUT2D eigenvalue weighted by Crippen LogP contribution is 2.16. The maximum atomic E-state index is 9.53. The SMILES string of the molecule is CCC(O)CN1CCCC(C)CC1. The summed E-state index contributed by atoms with van der Waals surface area (Å²) in [5.74, 6) is 0.878. The smallest absolute Gasteiger partial charge is 0.0664 e. The minimum Gasteiger partial charge on any atom is -0.392 e. The molecule has 78 valence electrons. The number of hydrogen-bond donors (Lipinski definition) is 1. The maximum Gasteiger partial charge on any atom is 0.0664 e. The first kappa shape index (κ1) is 11.0. The molecule has 1 rings (SSSR count). The number of hydrogen-bond acceptors (Lipinski definition) is 2. The van der Waals surface area contributed by atoms with E-state index >= 15 is 0 Å². The molecule has 2 unspecified atom stereocenters. The molecule has 13 heavy (non-hydrogen) atoms. The van der Waals surface area contributed by atoms with Crippen LogP contribution in [0.15, 0.2) is 0 Å². The minimum atomic E-state index is -0.117. The fourth-order valence-corrected chi connectivity index (χ4v) is 1.93. The van der Waals surface area contributed by atoms with E-state index in [9.17, 15) is 5.11 Å². The summed E-state index contributed by atoms with van der Waals surface area (Å²) in [4.78, 5) is 2.41. The Labute approximate surface area is 81.9 Å². The van der Waals surface area contributed by atoms with Crippen LogP contribution in [0, 0.1) is 5.92 Å². The first-order valence-corrected chi connectivity index (χ1v) is 5.62. The van der Waals surface area contributed by atoms with E-state index in [1.165, 1.54) is 32.4 Å². The van der Waals surface area contributed by atoms with Crippen molar-refractivity contribution in [1.29, 1.82) is 0 Å². The molecule has 1 saturated heterocycles. The van der Waals surface area contributed by atoms with E-state index in [-0.39, 0.29) is 6.10 Å². The van der Waals surface area contributed by atoms with E-state index in [2.05, 4.69) is 11.8 Å². The summed E-state index contributed by atoms with van der Waals surface area (Å²) in [6.07, 6.45) is 4.73. The van der Waals surface area contributed by atoms with Crippen molar-refractivity contribution in [2.75, 3.05) is 19.6 Å². The van der Waals surface area contributed by atoms with Gasteiger partial charge in [-0.2, -0.15) is 0 Å². The molecule has 0 amide bonds. The molecule has 1 aliphatic rings. The highest BCUT2D eigenvalue weighted by Gasteiger charge is 2.15. The number of β-amino-alcohol motifs (C(OH)–C–C–N with tert-alkyl or cyclic N) is 1. The van der Waals surface area contributed by atoms with E-state index < -0.39 is 0 Å². The van der Waals surface area contributed by atoms with E-state index in [1.54, 1.807) is 0 Å². The van der Waals surface area contributed by atoms with Crippen LogP contribution < -0.4 is 0 Å². The van der Waals surface area contributed by atoms with Crippen molar-refractivity contribution in [2.45, 2.75) is 45.6 Å². The zero-order valence-corrected chi connectivity index (χ0v) is 9.00. The quantitative estimate of drug-likeness (QED) is 0.725. The molecule has 0 aromatic rings.